The average Bonchev–Trinajstić information content (AvgIpc) is 2.62. The van der Waals surface area contributed by atoms with E-state index in [1.807, 2.05) is 29.2 Å². The van der Waals surface area contributed by atoms with E-state index in [0.717, 1.165) is 25.3 Å². The first-order valence-corrected chi connectivity index (χ1v) is 8.70. The first kappa shape index (κ1) is 16.5. The van der Waals surface area contributed by atoms with Gasteiger partial charge in [-0.05, 0) is 43.4 Å². The zero-order valence-electron chi connectivity index (χ0n) is 14.4. The molecular formula is C20H25N3O. The molecule has 2 heterocycles. The van der Waals surface area contributed by atoms with Crippen LogP contribution in [-0.4, -0.2) is 28.9 Å². The van der Waals surface area contributed by atoms with Crippen molar-refractivity contribution >= 4 is 11.7 Å². The van der Waals surface area contributed by atoms with Crippen LogP contribution in [0.1, 0.15) is 48.7 Å². The van der Waals surface area contributed by atoms with Gasteiger partial charge in [-0.15, -0.1) is 0 Å². The van der Waals surface area contributed by atoms with E-state index < -0.39 is 0 Å². The molecule has 1 saturated heterocycles. The number of carbonyl (C=O) groups is 1. The quantitative estimate of drug-likeness (QED) is 0.920. The van der Waals surface area contributed by atoms with E-state index in [9.17, 15) is 4.79 Å². The van der Waals surface area contributed by atoms with E-state index in [2.05, 4.69) is 36.3 Å². The molecule has 1 aromatic carbocycles. The monoisotopic (exact) mass is 323 g/mol. The smallest absolute Gasteiger partial charge is 0.254 e. The highest BCUT2D eigenvalue weighted by Gasteiger charge is 2.22. The minimum absolute atomic E-state index is 0.111. The molecule has 1 aliphatic heterocycles. The molecule has 0 spiro atoms. The predicted octanol–water partition coefficient (Wildman–Crippen LogP) is 4.13. The van der Waals surface area contributed by atoms with Crippen molar-refractivity contribution in [3.63, 3.8) is 0 Å². The van der Waals surface area contributed by atoms with Crippen LogP contribution < -0.4 is 5.32 Å². The van der Waals surface area contributed by atoms with Gasteiger partial charge in [0.15, 0.2) is 0 Å². The summed E-state index contributed by atoms with van der Waals surface area (Å²) in [6.07, 6.45) is 4.01. The Labute approximate surface area is 143 Å². The molecule has 1 N–H and O–H groups in total. The van der Waals surface area contributed by atoms with Gasteiger partial charge in [0.1, 0.15) is 5.82 Å². The Morgan fingerprint density at radius 3 is 2.83 bits per heavy atom. The topological polar surface area (TPSA) is 45.2 Å². The summed E-state index contributed by atoms with van der Waals surface area (Å²) in [4.78, 5) is 19.1. The molecule has 4 heteroatoms. The van der Waals surface area contributed by atoms with Crippen molar-refractivity contribution in [1.29, 1.82) is 0 Å². The van der Waals surface area contributed by atoms with Crippen LogP contribution in [0.3, 0.4) is 0 Å². The summed E-state index contributed by atoms with van der Waals surface area (Å²) in [5.41, 5.74) is 1.91. The third-order valence-corrected chi connectivity index (χ3v) is 4.62. The van der Waals surface area contributed by atoms with Crippen molar-refractivity contribution in [3.8, 4) is 0 Å². The lowest BCUT2D eigenvalue weighted by Crippen LogP contribution is -2.39. The van der Waals surface area contributed by atoms with E-state index in [4.69, 9.17) is 0 Å². The summed E-state index contributed by atoms with van der Waals surface area (Å²) in [5.74, 6) is 1.43. The van der Waals surface area contributed by atoms with Crippen molar-refractivity contribution in [1.82, 2.24) is 9.88 Å². The molecule has 126 valence electrons. The number of pyridine rings is 1. The van der Waals surface area contributed by atoms with E-state index in [-0.39, 0.29) is 11.9 Å². The number of anilines is 1. The average molecular weight is 323 g/mol. The van der Waals surface area contributed by atoms with Gasteiger partial charge in [0.25, 0.3) is 5.91 Å². The standard InChI is InChI=1S/C20H25N3O/c1-15-7-6-12-23(14-15)20(24)18-10-11-21-19(13-18)22-16(2)17-8-4-3-5-9-17/h3-5,8-11,13,15-16H,6-7,12,14H2,1-2H3,(H,21,22). The molecule has 1 aliphatic rings. The Hall–Kier alpha value is -2.36. The molecule has 1 fully saturated rings. The fourth-order valence-electron chi connectivity index (χ4n) is 3.25. The minimum Gasteiger partial charge on any atom is -0.364 e. The lowest BCUT2D eigenvalue weighted by Gasteiger charge is -2.31. The number of amides is 1. The van der Waals surface area contributed by atoms with Crippen molar-refractivity contribution in [3.05, 3.63) is 59.8 Å². The maximum absolute atomic E-state index is 12.7. The number of piperidine rings is 1. The Kier molecular flexibility index (Phi) is 5.14. The van der Waals surface area contributed by atoms with Gasteiger partial charge in [0.2, 0.25) is 0 Å². The number of likely N-dealkylation sites (tertiary alicyclic amines) is 1. The number of rotatable bonds is 4. The second kappa shape index (κ2) is 7.47. The molecule has 24 heavy (non-hydrogen) atoms. The molecular weight excluding hydrogens is 298 g/mol. The second-order valence-electron chi connectivity index (χ2n) is 6.71. The molecule has 3 rings (SSSR count). The van der Waals surface area contributed by atoms with Crippen molar-refractivity contribution in [2.24, 2.45) is 5.92 Å². The zero-order chi connectivity index (χ0) is 16.9. The summed E-state index contributed by atoms with van der Waals surface area (Å²) in [6.45, 7) is 6.01. The normalized spacial score (nSPS) is 18.9. The number of hydrogen-bond donors (Lipinski definition) is 1. The fraction of sp³-hybridized carbons (Fsp3) is 0.400. The van der Waals surface area contributed by atoms with Crippen LogP contribution in [0.5, 0.6) is 0 Å². The summed E-state index contributed by atoms with van der Waals surface area (Å²) in [5, 5.41) is 3.38. The van der Waals surface area contributed by atoms with Gasteiger partial charge in [-0.25, -0.2) is 4.98 Å². The minimum atomic E-state index is 0.111. The second-order valence-corrected chi connectivity index (χ2v) is 6.71. The highest BCUT2D eigenvalue weighted by Crippen LogP contribution is 2.21. The van der Waals surface area contributed by atoms with Crippen LogP contribution in [0, 0.1) is 5.92 Å². The highest BCUT2D eigenvalue weighted by atomic mass is 16.2. The SMILES string of the molecule is CC1CCCN(C(=O)c2ccnc(NC(C)c3ccccc3)c2)C1. The van der Waals surface area contributed by atoms with Gasteiger partial charge in [-0.3, -0.25) is 4.79 Å². The Balaban J connectivity index is 1.71. The molecule has 0 radical (unpaired) electrons. The summed E-state index contributed by atoms with van der Waals surface area (Å²) < 4.78 is 0. The molecule has 1 amide bonds. The largest absolute Gasteiger partial charge is 0.364 e. The number of nitrogens with one attached hydrogen (secondary N) is 1. The van der Waals surface area contributed by atoms with Gasteiger partial charge < -0.3 is 10.2 Å². The van der Waals surface area contributed by atoms with Gasteiger partial charge in [-0.2, -0.15) is 0 Å². The van der Waals surface area contributed by atoms with E-state index in [1.54, 1.807) is 12.3 Å². The van der Waals surface area contributed by atoms with E-state index >= 15 is 0 Å². The Bertz CT molecular complexity index is 686. The lowest BCUT2D eigenvalue weighted by atomic mass is 9.99. The van der Waals surface area contributed by atoms with Crippen molar-refractivity contribution in [2.75, 3.05) is 18.4 Å². The fourth-order valence-corrected chi connectivity index (χ4v) is 3.25. The van der Waals surface area contributed by atoms with Gasteiger partial charge in [-0.1, -0.05) is 37.3 Å². The van der Waals surface area contributed by atoms with Crippen LogP contribution in [0.15, 0.2) is 48.7 Å². The third kappa shape index (κ3) is 3.94. The number of nitrogens with zero attached hydrogens (tertiary/aromatic N) is 2. The first-order chi connectivity index (χ1) is 11.6. The first-order valence-electron chi connectivity index (χ1n) is 8.70. The maximum atomic E-state index is 12.7. The van der Waals surface area contributed by atoms with E-state index in [1.165, 1.54) is 12.0 Å². The van der Waals surface area contributed by atoms with Crippen LogP contribution in [-0.2, 0) is 0 Å². The van der Waals surface area contributed by atoms with Crippen LogP contribution >= 0.6 is 0 Å². The molecule has 0 aliphatic carbocycles. The van der Waals surface area contributed by atoms with Crippen LogP contribution in [0.4, 0.5) is 5.82 Å². The molecule has 0 saturated carbocycles. The van der Waals surface area contributed by atoms with Crippen molar-refractivity contribution in [2.45, 2.75) is 32.7 Å². The Morgan fingerprint density at radius 2 is 2.08 bits per heavy atom. The Morgan fingerprint density at radius 1 is 1.29 bits per heavy atom. The third-order valence-electron chi connectivity index (χ3n) is 4.62. The maximum Gasteiger partial charge on any atom is 0.254 e. The van der Waals surface area contributed by atoms with E-state index in [0.29, 0.717) is 11.5 Å². The van der Waals surface area contributed by atoms with Gasteiger partial charge >= 0.3 is 0 Å². The lowest BCUT2D eigenvalue weighted by molar-refractivity contribution is 0.0683. The van der Waals surface area contributed by atoms with Gasteiger partial charge in [0, 0.05) is 30.9 Å². The number of hydrogen-bond acceptors (Lipinski definition) is 3. The van der Waals surface area contributed by atoms with Crippen molar-refractivity contribution < 1.29 is 4.79 Å². The number of benzene rings is 1. The zero-order valence-corrected chi connectivity index (χ0v) is 14.4. The molecule has 1 aromatic heterocycles. The number of aromatic nitrogens is 1. The molecule has 2 unspecified atom stereocenters. The molecule has 2 atom stereocenters. The number of carbonyl (C=O) groups excluding carboxylic acids is 1. The van der Waals surface area contributed by atoms with Crippen LogP contribution in [0.25, 0.3) is 0 Å². The summed E-state index contributed by atoms with van der Waals surface area (Å²) in [7, 11) is 0. The molecule has 0 bridgehead atoms. The highest BCUT2D eigenvalue weighted by molar-refractivity contribution is 5.94. The summed E-state index contributed by atoms with van der Waals surface area (Å²) >= 11 is 0. The predicted molar refractivity (Wildman–Crippen MR) is 97.0 cm³/mol. The molecule has 2 aromatic rings. The van der Waals surface area contributed by atoms with Gasteiger partial charge in [0.05, 0.1) is 0 Å². The van der Waals surface area contributed by atoms with Crippen LogP contribution in [0.2, 0.25) is 0 Å². The summed E-state index contributed by atoms with van der Waals surface area (Å²) in [6, 6.07) is 14.0. The molecule has 4 nitrogen and oxygen atoms in total.